The van der Waals surface area contributed by atoms with Crippen LogP contribution in [0.3, 0.4) is 0 Å². The van der Waals surface area contributed by atoms with E-state index in [9.17, 15) is 9.90 Å². The van der Waals surface area contributed by atoms with E-state index in [4.69, 9.17) is 5.11 Å². The average Bonchev–Trinajstić information content (AvgIpc) is 2.36. The Morgan fingerprint density at radius 1 is 1.80 bits per heavy atom. The molecule has 10 heavy (non-hydrogen) atoms. The number of nitrogens with zero attached hydrogens (tertiary/aromatic N) is 1. The molecule has 1 rings (SSSR count). The highest BCUT2D eigenvalue weighted by atomic mass is 16.4. The van der Waals surface area contributed by atoms with Gasteiger partial charge < -0.3 is 20.3 Å². The molecule has 1 heterocycles. The summed E-state index contributed by atoms with van der Waals surface area (Å²) in [6.45, 7) is 1.98. The number of rotatable bonds is 2. The molecule has 5 nitrogen and oxygen atoms in total. The van der Waals surface area contributed by atoms with E-state index < -0.39 is 12.2 Å². The van der Waals surface area contributed by atoms with Gasteiger partial charge in [-0.1, -0.05) is 0 Å². The molecule has 1 aliphatic heterocycles. The van der Waals surface area contributed by atoms with E-state index in [1.807, 2.05) is 5.32 Å². The molecule has 5 heteroatoms. The number of hydrogen-bond donors (Lipinski definition) is 2. The number of hydrogen-bond acceptors (Lipinski definition) is 4. The fraction of sp³-hybridized carbons (Fsp3) is 0.800. The van der Waals surface area contributed by atoms with E-state index in [-0.39, 0.29) is 0 Å². The van der Waals surface area contributed by atoms with Gasteiger partial charge >= 0.3 is 0 Å². The summed E-state index contributed by atoms with van der Waals surface area (Å²) < 4.78 is 0. The number of aliphatic hydroxyl groups is 1. The van der Waals surface area contributed by atoms with Gasteiger partial charge in [-0.25, -0.2) is 4.90 Å². The largest absolute Gasteiger partial charge is 0.546 e. The van der Waals surface area contributed by atoms with Crippen LogP contribution < -0.4 is 10.4 Å². The molecule has 0 radical (unpaired) electrons. The Labute approximate surface area is 58.3 Å². The first-order valence-corrected chi connectivity index (χ1v) is 3.16. The lowest BCUT2D eigenvalue weighted by molar-refractivity contribution is -0.644. The van der Waals surface area contributed by atoms with Crippen molar-refractivity contribution in [3.05, 3.63) is 0 Å². The van der Waals surface area contributed by atoms with E-state index in [2.05, 4.69) is 0 Å². The third-order valence-corrected chi connectivity index (χ3v) is 1.54. The molecule has 1 unspecified atom stereocenters. The van der Waals surface area contributed by atoms with Crippen molar-refractivity contribution in [2.45, 2.75) is 6.23 Å². The van der Waals surface area contributed by atoms with Crippen molar-refractivity contribution in [2.24, 2.45) is 0 Å². The van der Waals surface area contributed by atoms with Crippen LogP contribution in [-0.4, -0.2) is 42.0 Å². The third-order valence-electron chi connectivity index (χ3n) is 1.54. The molecule has 0 aromatic carbocycles. The summed E-state index contributed by atoms with van der Waals surface area (Å²) in [6, 6.07) is 0. The van der Waals surface area contributed by atoms with E-state index in [0.29, 0.717) is 13.2 Å². The van der Waals surface area contributed by atoms with Crippen LogP contribution >= 0.6 is 0 Å². The first-order chi connectivity index (χ1) is 4.72. The molecule has 0 spiro atoms. The number of carbonyl (C=O) groups is 1. The molecular weight excluding hydrogens is 136 g/mol. The van der Waals surface area contributed by atoms with Crippen LogP contribution in [0.15, 0.2) is 0 Å². The molecule has 3 N–H and O–H groups in total. The van der Waals surface area contributed by atoms with Gasteiger partial charge in [0.2, 0.25) is 0 Å². The lowest BCUT2D eigenvalue weighted by atomic mass is 10.5. The smallest absolute Gasteiger partial charge is 0.152 e. The first-order valence-electron chi connectivity index (χ1n) is 3.16. The fourth-order valence-corrected chi connectivity index (χ4v) is 0.977. The molecule has 0 bridgehead atoms. The molecule has 0 aromatic heterocycles. The Morgan fingerprint density at radius 2 is 2.50 bits per heavy atom. The highest BCUT2D eigenvalue weighted by molar-refractivity contribution is 5.68. The van der Waals surface area contributed by atoms with Gasteiger partial charge in [0.15, 0.2) is 6.23 Å². The Kier molecular flexibility index (Phi) is 2.21. The third kappa shape index (κ3) is 1.44. The standard InChI is InChI=1S/C5H10N2O3/c8-4(5(9)10)7-2-1-6-3-7/h4,6,8H,1-3H2,(H,9,10). The van der Waals surface area contributed by atoms with Crippen molar-refractivity contribution >= 4 is 5.97 Å². The van der Waals surface area contributed by atoms with Gasteiger partial charge in [-0.2, -0.15) is 0 Å². The topological polar surface area (TPSA) is 80.2 Å². The van der Waals surface area contributed by atoms with E-state index >= 15 is 0 Å². The summed E-state index contributed by atoms with van der Waals surface area (Å²) in [5.74, 6) is -1.42. The van der Waals surface area contributed by atoms with Crippen LogP contribution in [0.25, 0.3) is 0 Å². The van der Waals surface area contributed by atoms with Crippen LogP contribution in [-0.2, 0) is 4.79 Å². The fourth-order valence-electron chi connectivity index (χ4n) is 0.977. The monoisotopic (exact) mass is 146 g/mol. The van der Waals surface area contributed by atoms with Crippen molar-refractivity contribution in [1.29, 1.82) is 0 Å². The highest BCUT2D eigenvalue weighted by Gasteiger charge is 2.22. The van der Waals surface area contributed by atoms with Gasteiger partial charge in [0, 0.05) is 0 Å². The first kappa shape index (κ1) is 7.46. The minimum Gasteiger partial charge on any atom is -0.546 e. The van der Waals surface area contributed by atoms with Crippen LogP contribution in [0.1, 0.15) is 0 Å². The van der Waals surface area contributed by atoms with Gasteiger partial charge in [0.05, 0.1) is 19.1 Å². The number of aliphatic carboxylic acids is 1. The van der Waals surface area contributed by atoms with Crippen molar-refractivity contribution in [3.63, 3.8) is 0 Å². The van der Waals surface area contributed by atoms with Crippen molar-refractivity contribution in [3.8, 4) is 0 Å². The predicted molar refractivity (Wildman–Crippen MR) is 29.4 cm³/mol. The maximum absolute atomic E-state index is 10.1. The second-order valence-electron chi connectivity index (χ2n) is 2.26. The molecule has 1 aliphatic rings. The zero-order chi connectivity index (χ0) is 7.56. The van der Waals surface area contributed by atoms with Gasteiger partial charge in [-0.15, -0.1) is 0 Å². The van der Waals surface area contributed by atoms with Crippen LogP contribution in [0.5, 0.6) is 0 Å². The van der Waals surface area contributed by atoms with Crippen LogP contribution in [0.2, 0.25) is 0 Å². The molecule has 0 amide bonds. The molecule has 0 aromatic rings. The maximum Gasteiger partial charge on any atom is 0.152 e. The Hall–Kier alpha value is -0.650. The molecule has 1 fully saturated rings. The maximum atomic E-state index is 10.1. The lowest BCUT2D eigenvalue weighted by Crippen LogP contribution is -2.82. The number of carbonyl (C=O) groups excluding carboxylic acids is 1. The van der Waals surface area contributed by atoms with Gasteiger partial charge in [-0.05, 0) is 0 Å². The number of carboxylic acid groups (broad SMARTS) is 1. The molecular formula is C5H10N2O3. The lowest BCUT2D eigenvalue weighted by Gasteiger charge is -2.19. The number of quaternary nitrogens is 1. The van der Waals surface area contributed by atoms with E-state index in [1.165, 1.54) is 4.90 Å². The molecule has 0 aliphatic carbocycles. The summed E-state index contributed by atoms with van der Waals surface area (Å²) >= 11 is 0. The van der Waals surface area contributed by atoms with E-state index in [0.717, 1.165) is 6.54 Å². The van der Waals surface area contributed by atoms with Crippen LogP contribution in [0.4, 0.5) is 0 Å². The van der Waals surface area contributed by atoms with Gasteiger partial charge in [-0.3, -0.25) is 0 Å². The quantitative estimate of drug-likeness (QED) is 0.415. The molecule has 0 saturated carbocycles. The summed E-state index contributed by atoms with van der Waals surface area (Å²) in [5, 5.41) is 20.9. The zero-order valence-corrected chi connectivity index (χ0v) is 5.49. The summed E-state index contributed by atoms with van der Waals surface area (Å²) in [5.41, 5.74) is 0. The van der Waals surface area contributed by atoms with E-state index in [1.54, 1.807) is 0 Å². The van der Waals surface area contributed by atoms with Crippen molar-refractivity contribution < 1.29 is 20.3 Å². The minimum absolute atomic E-state index is 0.537. The Bertz CT molecular complexity index is 133. The molecule has 58 valence electrons. The Morgan fingerprint density at radius 3 is 2.90 bits per heavy atom. The number of nitrogens with two attached hydrogens (primary N) is 1. The summed E-state index contributed by atoms with van der Waals surface area (Å²) in [4.78, 5) is 11.5. The SMILES string of the molecule is O=C([O-])C(O)N1CC[NH2+]C1. The normalized spacial score (nSPS) is 22.9. The predicted octanol–water partition coefficient (Wildman–Crippen LogP) is -4.11. The highest BCUT2D eigenvalue weighted by Crippen LogP contribution is 1.92. The average molecular weight is 146 g/mol. The number of carboxylic acids is 1. The second-order valence-corrected chi connectivity index (χ2v) is 2.26. The van der Waals surface area contributed by atoms with Crippen LogP contribution in [0, 0.1) is 0 Å². The second kappa shape index (κ2) is 2.96. The zero-order valence-electron chi connectivity index (χ0n) is 5.49. The summed E-state index contributed by atoms with van der Waals surface area (Å²) in [6.07, 6.45) is -1.43. The number of aliphatic hydroxyl groups excluding tert-OH is 1. The molecule has 1 saturated heterocycles. The minimum atomic E-state index is -1.43. The summed E-state index contributed by atoms with van der Waals surface area (Å²) in [7, 11) is 0. The Balaban J connectivity index is 2.39. The van der Waals surface area contributed by atoms with Crippen molar-refractivity contribution in [2.75, 3.05) is 19.8 Å². The molecule has 1 atom stereocenters. The van der Waals surface area contributed by atoms with Gasteiger partial charge in [0.25, 0.3) is 0 Å². The van der Waals surface area contributed by atoms with Crippen molar-refractivity contribution in [1.82, 2.24) is 4.90 Å². The van der Waals surface area contributed by atoms with Gasteiger partial charge in [0.1, 0.15) is 6.67 Å².